The van der Waals surface area contributed by atoms with Crippen LogP contribution in [-0.4, -0.2) is 38.2 Å². The van der Waals surface area contributed by atoms with E-state index in [1.165, 1.54) is 0 Å². The van der Waals surface area contributed by atoms with Gasteiger partial charge in [-0.05, 0) is 0 Å². The average Bonchev–Trinajstić information content (AvgIpc) is 3.09. The molecule has 0 aliphatic rings. The number of H-pyrrole nitrogens is 1. The number of aromatic amines is 1. The molecule has 20 heavy (non-hydrogen) atoms. The van der Waals surface area contributed by atoms with E-state index >= 15 is 0 Å². The zero-order valence-electron chi connectivity index (χ0n) is 11.2. The van der Waals surface area contributed by atoms with Crippen LogP contribution in [0.15, 0.2) is 30.9 Å². The van der Waals surface area contributed by atoms with E-state index < -0.39 is 0 Å². The van der Waals surface area contributed by atoms with Crippen LogP contribution in [0.5, 0.6) is 0 Å². The minimum atomic E-state index is 0.483. The lowest BCUT2D eigenvalue weighted by Gasteiger charge is -2.09. The molecule has 0 aliphatic heterocycles. The van der Waals surface area contributed by atoms with Gasteiger partial charge in [-0.1, -0.05) is 0 Å². The molecule has 0 aliphatic carbocycles. The second-order valence-electron chi connectivity index (χ2n) is 4.42. The Balaban J connectivity index is 1.76. The zero-order valence-corrected chi connectivity index (χ0v) is 11.2. The van der Waals surface area contributed by atoms with E-state index in [2.05, 4.69) is 25.4 Å². The molecule has 0 atom stereocenters. The number of hydrogen-bond donors (Lipinski definition) is 2. The Bertz CT molecular complexity index is 675. The van der Waals surface area contributed by atoms with Gasteiger partial charge in [-0.25, -0.2) is 9.97 Å². The SMILES string of the molecule is COCc1cc(NCCc2cnc[nH]2)n2nccc2n1. The predicted molar refractivity (Wildman–Crippen MR) is 74.5 cm³/mol. The summed E-state index contributed by atoms with van der Waals surface area (Å²) < 4.78 is 6.92. The lowest BCUT2D eigenvalue weighted by molar-refractivity contribution is 0.181. The topological polar surface area (TPSA) is 80.1 Å². The normalized spacial score (nSPS) is 11.1. The third-order valence-corrected chi connectivity index (χ3v) is 2.96. The summed E-state index contributed by atoms with van der Waals surface area (Å²) in [6.07, 6.45) is 6.11. The Labute approximate surface area is 116 Å². The highest BCUT2D eigenvalue weighted by Gasteiger charge is 2.06. The Morgan fingerprint density at radius 3 is 3.20 bits per heavy atom. The van der Waals surface area contributed by atoms with Crippen molar-refractivity contribution in [3.8, 4) is 0 Å². The molecule has 0 fully saturated rings. The van der Waals surface area contributed by atoms with Crippen LogP contribution in [-0.2, 0) is 17.8 Å². The van der Waals surface area contributed by atoms with E-state index in [0.717, 1.165) is 35.8 Å². The summed E-state index contributed by atoms with van der Waals surface area (Å²) in [5, 5.41) is 7.63. The van der Waals surface area contributed by atoms with Gasteiger partial charge in [-0.3, -0.25) is 0 Å². The molecule has 7 nitrogen and oxygen atoms in total. The molecule has 3 rings (SSSR count). The molecule has 0 spiro atoms. The van der Waals surface area contributed by atoms with Crippen LogP contribution >= 0.6 is 0 Å². The van der Waals surface area contributed by atoms with E-state index in [1.54, 1.807) is 24.1 Å². The first-order valence-corrected chi connectivity index (χ1v) is 6.40. The number of anilines is 1. The second kappa shape index (κ2) is 5.70. The van der Waals surface area contributed by atoms with Crippen molar-refractivity contribution in [2.24, 2.45) is 0 Å². The van der Waals surface area contributed by atoms with Crippen molar-refractivity contribution in [2.45, 2.75) is 13.0 Å². The predicted octanol–water partition coefficient (Wildman–Crippen LogP) is 1.25. The molecule has 3 heterocycles. The first-order valence-electron chi connectivity index (χ1n) is 6.40. The van der Waals surface area contributed by atoms with Crippen LogP contribution < -0.4 is 5.32 Å². The number of nitrogens with zero attached hydrogens (tertiary/aromatic N) is 4. The summed E-state index contributed by atoms with van der Waals surface area (Å²) in [6.45, 7) is 1.27. The van der Waals surface area contributed by atoms with E-state index in [4.69, 9.17) is 4.74 Å². The Hall–Kier alpha value is -2.41. The molecule has 3 aromatic heterocycles. The number of hydrogen-bond acceptors (Lipinski definition) is 5. The molecule has 0 unspecified atom stereocenters. The van der Waals surface area contributed by atoms with E-state index in [0.29, 0.717) is 6.61 Å². The number of rotatable bonds is 6. The Morgan fingerprint density at radius 2 is 2.40 bits per heavy atom. The van der Waals surface area contributed by atoms with Crippen LogP contribution in [0.3, 0.4) is 0 Å². The molecular weight excluding hydrogens is 256 g/mol. The number of ether oxygens (including phenoxy) is 1. The van der Waals surface area contributed by atoms with Gasteiger partial charge in [0, 0.05) is 44.1 Å². The number of aromatic nitrogens is 5. The van der Waals surface area contributed by atoms with Crippen molar-refractivity contribution in [3.05, 3.63) is 42.2 Å². The Morgan fingerprint density at radius 1 is 1.45 bits per heavy atom. The van der Waals surface area contributed by atoms with Gasteiger partial charge in [-0.2, -0.15) is 9.61 Å². The smallest absolute Gasteiger partial charge is 0.157 e. The molecule has 7 heteroatoms. The van der Waals surface area contributed by atoms with E-state index in [-0.39, 0.29) is 0 Å². The molecule has 104 valence electrons. The molecule has 2 N–H and O–H groups in total. The zero-order chi connectivity index (χ0) is 13.8. The summed E-state index contributed by atoms with van der Waals surface area (Å²) in [5.41, 5.74) is 2.79. The van der Waals surface area contributed by atoms with Crippen molar-refractivity contribution in [2.75, 3.05) is 19.0 Å². The summed E-state index contributed by atoms with van der Waals surface area (Å²) >= 11 is 0. The van der Waals surface area contributed by atoms with Crippen LogP contribution in [0.4, 0.5) is 5.82 Å². The van der Waals surface area contributed by atoms with Crippen molar-refractivity contribution < 1.29 is 4.74 Å². The average molecular weight is 272 g/mol. The number of imidazole rings is 1. The lowest BCUT2D eigenvalue weighted by atomic mass is 10.3. The number of fused-ring (bicyclic) bond motifs is 1. The van der Waals surface area contributed by atoms with Crippen LogP contribution in [0.25, 0.3) is 5.65 Å². The lowest BCUT2D eigenvalue weighted by Crippen LogP contribution is -2.11. The van der Waals surface area contributed by atoms with Crippen LogP contribution in [0.1, 0.15) is 11.4 Å². The molecule has 0 amide bonds. The minimum Gasteiger partial charge on any atom is -0.378 e. The fourth-order valence-corrected chi connectivity index (χ4v) is 2.06. The monoisotopic (exact) mass is 272 g/mol. The second-order valence-corrected chi connectivity index (χ2v) is 4.42. The fourth-order valence-electron chi connectivity index (χ4n) is 2.06. The van der Waals surface area contributed by atoms with Crippen molar-refractivity contribution in [1.29, 1.82) is 0 Å². The summed E-state index contributed by atoms with van der Waals surface area (Å²) in [5.74, 6) is 0.909. The largest absolute Gasteiger partial charge is 0.378 e. The van der Waals surface area contributed by atoms with E-state index in [9.17, 15) is 0 Å². The highest BCUT2D eigenvalue weighted by atomic mass is 16.5. The fraction of sp³-hybridized carbons (Fsp3) is 0.308. The minimum absolute atomic E-state index is 0.483. The molecule has 0 aromatic carbocycles. The van der Waals surface area contributed by atoms with Gasteiger partial charge in [0.1, 0.15) is 5.82 Å². The summed E-state index contributed by atoms with van der Waals surface area (Å²) in [6, 6.07) is 3.83. The standard InChI is InChI=1S/C13H16N6O/c1-20-8-11-6-13(19-12(18-11)3-5-17-19)15-4-2-10-7-14-9-16-10/h3,5-7,9,15H,2,4,8H2,1H3,(H,14,16). The first-order chi connectivity index (χ1) is 9.86. The van der Waals surface area contributed by atoms with Crippen molar-refractivity contribution >= 4 is 11.5 Å². The first kappa shape index (κ1) is 12.6. The highest BCUT2D eigenvalue weighted by molar-refractivity contribution is 5.49. The maximum atomic E-state index is 5.14. The maximum absolute atomic E-state index is 5.14. The molecule has 0 radical (unpaired) electrons. The third-order valence-electron chi connectivity index (χ3n) is 2.96. The van der Waals surface area contributed by atoms with Gasteiger partial charge in [0.2, 0.25) is 0 Å². The van der Waals surface area contributed by atoms with Crippen molar-refractivity contribution in [1.82, 2.24) is 24.6 Å². The van der Waals surface area contributed by atoms with Gasteiger partial charge in [0.25, 0.3) is 0 Å². The highest BCUT2D eigenvalue weighted by Crippen LogP contribution is 2.13. The van der Waals surface area contributed by atoms with Crippen LogP contribution in [0.2, 0.25) is 0 Å². The number of nitrogens with one attached hydrogen (secondary N) is 2. The maximum Gasteiger partial charge on any atom is 0.157 e. The molecule has 0 bridgehead atoms. The Kier molecular flexibility index (Phi) is 3.60. The molecular formula is C13H16N6O. The van der Waals surface area contributed by atoms with Crippen molar-refractivity contribution in [3.63, 3.8) is 0 Å². The van der Waals surface area contributed by atoms with Gasteiger partial charge in [0.05, 0.1) is 24.8 Å². The number of methoxy groups -OCH3 is 1. The molecule has 0 saturated heterocycles. The van der Waals surface area contributed by atoms with Gasteiger partial charge >= 0.3 is 0 Å². The third kappa shape index (κ3) is 2.62. The summed E-state index contributed by atoms with van der Waals surface area (Å²) in [7, 11) is 1.66. The summed E-state index contributed by atoms with van der Waals surface area (Å²) in [4.78, 5) is 11.5. The quantitative estimate of drug-likeness (QED) is 0.706. The van der Waals surface area contributed by atoms with Gasteiger partial charge in [-0.15, -0.1) is 0 Å². The van der Waals surface area contributed by atoms with Gasteiger partial charge < -0.3 is 15.0 Å². The van der Waals surface area contributed by atoms with E-state index in [1.807, 2.05) is 18.3 Å². The molecule has 0 saturated carbocycles. The van der Waals surface area contributed by atoms with Crippen LogP contribution in [0, 0.1) is 0 Å². The van der Waals surface area contributed by atoms with Gasteiger partial charge in [0.15, 0.2) is 5.65 Å². The molecule has 3 aromatic rings.